The molecular weight excluding hydrogens is 772 g/mol. The Balaban J connectivity index is 0.000000212. The fourth-order valence-electron chi connectivity index (χ4n) is 5.89. The van der Waals surface area contributed by atoms with E-state index in [4.69, 9.17) is 4.42 Å². The number of rotatable bonds is 4. The van der Waals surface area contributed by atoms with Gasteiger partial charge in [0.25, 0.3) is 0 Å². The van der Waals surface area contributed by atoms with Crippen molar-refractivity contribution < 1.29 is 33.5 Å². The Labute approximate surface area is 293 Å². The molecule has 5 aromatic carbocycles. The Kier molecular flexibility index (Phi) is 9.54. The van der Waals surface area contributed by atoms with Crippen LogP contribution in [0.5, 0.6) is 0 Å². The quantitative estimate of drug-likeness (QED) is 0.131. The van der Waals surface area contributed by atoms with Crippen molar-refractivity contribution in [1.29, 1.82) is 0 Å². The molecule has 234 valence electrons. The molecule has 0 aliphatic carbocycles. The Morgan fingerprint density at radius 2 is 1.40 bits per heavy atom. The van der Waals surface area contributed by atoms with E-state index in [0.717, 1.165) is 55.5 Å². The maximum atomic E-state index is 15.1. The molecule has 0 atom stereocenters. The smallest absolute Gasteiger partial charge is 0.500 e. The van der Waals surface area contributed by atoms with Crippen molar-refractivity contribution in [2.75, 3.05) is 0 Å². The first-order chi connectivity index (χ1) is 23.0. The monoisotopic (exact) mass is 803 g/mol. The van der Waals surface area contributed by atoms with Crippen molar-refractivity contribution in [2.45, 2.75) is 6.92 Å². The summed E-state index contributed by atoms with van der Waals surface area (Å²) in [5.41, 5.74) is 10.6. The van der Waals surface area contributed by atoms with Gasteiger partial charge in [-0.2, -0.15) is 18.6 Å². The minimum atomic E-state index is -0.313. The van der Waals surface area contributed by atoms with Gasteiger partial charge in [-0.15, -0.1) is 35.9 Å². The number of hydrogen-bond donors (Lipinski definition) is 0. The van der Waals surface area contributed by atoms with Crippen LogP contribution >= 0.6 is 0 Å². The number of hydrogen-bond acceptors (Lipinski definition) is 2. The Bertz CT molecular complexity index is 2330. The van der Waals surface area contributed by atoms with E-state index < -0.39 is 0 Å². The summed E-state index contributed by atoms with van der Waals surface area (Å²) in [6.07, 6.45) is 3.76. The number of furan rings is 1. The SMILES string of the molecule is Fc1ccc2c(oc3c(-c4ccccn4)[c-]ccc32)c1-c1ccc(-c2ccccc2)cc1.[CH2-]c1ccccc1-c1ccc(C)c[n+]1[CH2-].[Ir+3]. The van der Waals surface area contributed by atoms with Gasteiger partial charge in [-0.25, -0.2) is 4.39 Å². The maximum Gasteiger partial charge on any atom is 3.00 e. The molecule has 0 unspecified atom stereocenters. The molecule has 8 aromatic rings. The van der Waals surface area contributed by atoms with Gasteiger partial charge in [0, 0.05) is 18.6 Å². The van der Waals surface area contributed by atoms with E-state index >= 15 is 4.39 Å². The molecule has 5 heteroatoms. The summed E-state index contributed by atoms with van der Waals surface area (Å²) in [6.45, 7) is 6.08. The van der Waals surface area contributed by atoms with Gasteiger partial charge in [0.05, 0.1) is 23.0 Å². The molecule has 0 aliphatic rings. The summed E-state index contributed by atoms with van der Waals surface area (Å²) < 4.78 is 23.3. The van der Waals surface area contributed by atoms with Gasteiger partial charge in [0.1, 0.15) is 11.4 Å². The first-order valence-corrected chi connectivity index (χ1v) is 15.3. The minimum Gasteiger partial charge on any atom is -0.500 e. The third-order valence-corrected chi connectivity index (χ3v) is 8.22. The van der Waals surface area contributed by atoms with Gasteiger partial charge in [-0.3, -0.25) is 0 Å². The molecular formula is C43H31FIrN2O+. The number of pyridine rings is 2. The second-order valence-electron chi connectivity index (χ2n) is 11.4. The van der Waals surface area contributed by atoms with Crippen LogP contribution in [0.3, 0.4) is 0 Å². The molecule has 0 saturated heterocycles. The van der Waals surface area contributed by atoms with E-state index in [0.29, 0.717) is 16.7 Å². The van der Waals surface area contributed by atoms with Crippen LogP contribution in [0.4, 0.5) is 4.39 Å². The number of aryl methyl sites for hydroxylation is 1. The summed E-state index contributed by atoms with van der Waals surface area (Å²) >= 11 is 0. The van der Waals surface area contributed by atoms with Crippen LogP contribution in [0, 0.1) is 32.8 Å². The van der Waals surface area contributed by atoms with E-state index in [-0.39, 0.29) is 25.9 Å². The maximum absolute atomic E-state index is 15.1. The third-order valence-electron chi connectivity index (χ3n) is 8.22. The zero-order chi connectivity index (χ0) is 32.3. The molecule has 0 amide bonds. The largest absolute Gasteiger partial charge is 3.00 e. The molecule has 8 rings (SSSR count). The van der Waals surface area contributed by atoms with E-state index in [2.05, 4.69) is 62.3 Å². The fourth-order valence-corrected chi connectivity index (χ4v) is 5.89. The van der Waals surface area contributed by atoms with E-state index in [1.54, 1.807) is 12.3 Å². The van der Waals surface area contributed by atoms with Gasteiger partial charge in [-0.05, 0) is 53.1 Å². The standard InChI is InChI=1S/C29H17FNO.C14H14N.Ir/c30-25-17-16-23-22-9-6-10-24(26-11-4-5-18-31-26)28(22)32-29(23)27(25)21-14-12-20(13-15-21)19-7-2-1-3-8-19;1-11-8-9-14(15(3)10-11)13-7-5-4-6-12(13)2;/h1-9,11-18H;4-10H,2-3H2,1H3;/q2*-1;+3. The molecule has 3 aromatic heterocycles. The third kappa shape index (κ3) is 6.39. The Hall–Kier alpha value is -5.48. The molecule has 0 N–H and O–H groups in total. The van der Waals surface area contributed by atoms with Gasteiger partial charge in [0.2, 0.25) is 0 Å². The van der Waals surface area contributed by atoms with Crippen molar-refractivity contribution in [3.05, 3.63) is 183 Å². The average molecular weight is 803 g/mol. The summed E-state index contributed by atoms with van der Waals surface area (Å²) in [7, 11) is 3.99. The number of nitrogens with zero attached hydrogens (tertiary/aromatic N) is 2. The van der Waals surface area contributed by atoms with Crippen LogP contribution in [-0.2, 0) is 20.1 Å². The molecule has 0 bridgehead atoms. The van der Waals surface area contributed by atoms with Crippen molar-refractivity contribution >= 4 is 21.9 Å². The molecule has 48 heavy (non-hydrogen) atoms. The first kappa shape index (κ1) is 32.5. The predicted molar refractivity (Wildman–Crippen MR) is 189 cm³/mol. The molecule has 0 aliphatic heterocycles. The van der Waals surface area contributed by atoms with Gasteiger partial charge < -0.3 is 14.0 Å². The van der Waals surface area contributed by atoms with Gasteiger partial charge in [0.15, 0.2) is 0 Å². The molecule has 0 spiro atoms. The van der Waals surface area contributed by atoms with Crippen molar-refractivity contribution in [2.24, 2.45) is 0 Å². The number of aromatic nitrogens is 2. The van der Waals surface area contributed by atoms with E-state index in [1.165, 1.54) is 11.6 Å². The van der Waals surface area contributed by atoms with E-state index in [1.807, 2.05) is 102 Å². The van der Waals surface area contributed by atoms with Crippen LogP contribution in [0.1, 0.15) is 11.1 Å². The molecule has 0 radical (unpaired) electrons. The number of fused-ring (bicyclic) bond motifs is 3. The summed E-state index contributed by atoms with van der Waals surface area (Å²) in [5, 5.41) is 1.79. The van der Waals surface area contributed by atoms with E-state index in [9.17, 15) is 0 Å². The zero-order valence-electron chi connectivity index (χ0n) is 26.3. The summed E-state index contributed by atoms with van der Waals surface area (Å²) in [4.78, 5) is 4.44. The Morgan fingerprint density at radius 1 is 0.708 bits per heavy atom. The second-order valence-corrected chi connectivity index (χ2v) is 11.4. The van der Waals surface area contributed by atoms with Crippen LogP contribution in [0.25, 0.3) is 66.7 Å². The molecule has 3 nitrogen and oxygen atoms in total. The topological polar surface area (TPSA) is 29.9 Å². The van der Waals surface area contributed by atoms with Gasteiger partial charge >= 0.3 is 20.1 Å². The summed E-state index contributed by atoms with van der Waals surface area (Å²) in [6, 6.07) is 46.3. The molecule has 3 heterocycles. The van der Waals surface area contributed by atoms with Crippen LogP contribution in [-0.4, -0.2) is 4.98 Å². The fraction of sp³-hybridized carbons (Fsp3) is 0.0233. The van der Waals surface area contributed by atoms with Crippen LogP contribution < -0.4 is 4.57 Å². The van der Waals surface area contributed by atoms with Crippen molar-refractivity contribution in [1.82, 2.24) is 4.98 Å². The first-order valence-electron chi connectivity index (χ1n) is 15.3. The van der Waals surface area contributed by atoms with Crippen LogP contribution in [0.15, 0.2) is 150 Å². The second kappa shape index (κ2) is 14.1. The Morgan fingerprint density at radius 3 is 2.12 bits per heavy atom. The summed E-state index contributed by atoms with van der Waals surface area (Å²) in [5.74, 6) is -0.313. The van der Waals surface area contributed by atoms with Crippen molar-refractivity contribution in [3.8, 4) is 44.8 Å². The molecule has 0 saturated carbocycles. The average Bonchev–Trinajstić information content (AvgIpc) is 3.49. The van der Waals surface area contributed by atoms with Crippen LogP contribution in [0.2, 0.25) is 0 Å². The number of benzene rings is 5. The molecule has 0 fully saturated rings. The van der Waals surface area contributed by atoms with Crippen molar-refractivity contribution in [3.63, 3.8) is 0 Å². The minimum absolute atomic E-state index is 0. The van der Waals surface area contributed by atoms with Gasteiger partial charge in [-0.1, -0.05) is 95.9 Å². The zero-order valence-corrected chi connectivity index (χ0v) is 28.7. The normalized spacial score (nSPS) is 10.7. The number of halogens is 1. The predicted octanol–water partition coefficient (Wildman–Crippen LogP) is 10.7.